The summed E-state index contributed by atoms with van der Waals surface area (Å²) in [7, 11) is 0. The Morgan fingerprint density at radius 3 is 1.76 bits per heavy atom. The number of aryl methyl sites for hydroxylation is 1. The normalized spacial score (nSPS) is 14.7. The molecule has 3 aromatic rings. The fraction of sp³-hybridized carbons (Fsp3) is 0.324. The van der Waals surface area contributed by atoms with E-state index in [0.717, 1.165) is 5.56 Å². The Balaban J connectivity index is 0.000000608. The lowest BCUT2D eigenvalue weighted by molar-refractivity contribution is -0.188. The second-order valence-corrected chi connectivity index (χ2v) is 14.2. The molecule has 1 aliphatic rings. The third-order valence-corrected chi connectivity index (χ3v) is 7.07. The first kappa shape index (κ1) is 44.5. The van der Waals surface area contributed by atoms with E-state index in [1.54, 1.807) is 108 Å². The predicted octanol–water partition coefficient (Wildman–Crippen LogP) is 5.45. The Labute approximate surface area is 324 Å². The second kappa shape index (κ2) is 18.4. The number of ether oxygens (including phenoxy) is 3. The van der Waals surface area contributed by atoms with Gasteiger partial charge in [0.15, 0.2) is 11.9 Å². The lowest BCUT2D eigenvalue weighted by Gasteiger charge is -2.29. The Kier molecular flexibility index (Phi) is 15.1. The standard InChI is InChI=1S/C29H36N4O7.C8H8ClN3O.ClH/c1-17-8-13-20(37-24(35)18-9-11-19(12-10-18)32-26(30)31)14-21(17)22-15-29(40-33-22,25(36)39-28(5,6)7)16-23(34)38-27(2,3)4;9-7(13)5-1-3-6(4-2-5)12-8(10)11;/h8-14H,15-16H2,1-7H3,(H4,30,31,32);1-4H,(H4,10,11,12);1H. The number of halogens is 2. The van der Waals surface area contributed by atoms with E-state index >= 15 is 0 Å². The average Bonchev–Trinajstić information content (AvgIpc) is 3.45. The van der Waals surface area contributed by atoms with Gasteiger partial charge in [0.1, 0.15) is 17.0 Å². The molecule has 0 radical (unpaired) electrons. The van der Waals surface area contributed by atoms with Gasteiger partial charge in [-0.15, -0.1) is 12.4 Å². The molecule has 0 saturated heterocycles. The number of carbonyl (C=O) groups is 4. The van der Waals surface area contributed by atoms with Crippen molar-refractivity contribution in [1.82, 2.24) is 0 Å². The molecule has 0 saturated carbocycles. The van der Waals surface area contributed by atoms with Crippen molar-refractivity contribution >= 4 is 76.2 Å². The molecule has 3 aromatic carbocycles. The maximum Gasteiger partial charge on any atom is 0.354 e. The predicted molar refractivity (Wildman–Crippen MR) is 209 cm³/mol. The number of carbonyl (C=O) groups excluding carboxylic acids is 4. The van der Waals surface area contributed by atoms with Gasteiger partial charge in [-0.25, -0.2) is 19.6 Å². The molecule has 0 amide bonds. The summed E-state index contributed by atoms with van der Waals surface area (Å²) in [6.07, 6.45) is -0.443. The van der Waals surface area contributed by atoms with Crippen LogP contribution in [0.2, 0.25) is 0 Å². The van der Waals surface area contributed by atoms with Gasteiger partial charge in [0.25, 0.3) is 5.24 Å². The van der Waals surface area contributed by atoms with E-state index in [1.165, 1.54) is 0 Å². The van der Waals surface area contributed by atoms with Crippen LogP contribution in [0.15, 0.2) is 81.9 Å². The zero-order chi connectivity index (χ0) is 39.7. The Morgan fingerprint density at radius 2 is 1.30 bits per heavy atom. The van der Waals surface area contributed by atoms with E-state index in [-0.39, 0.29) is 36.5 Å². The first-order valence-electron chi connectivity index (χ1n) is 16.2. The van der Waals surface area contributed by atoms with Crippen molar-refractivity contribution in [2.24, 2.45) is 38.1 Å². The Hall–Kier alpha value is -5.67. The van der Waals surface area contributed by atoms with Gasteiger partial charge in [-0.1, -0.05) is 11.2 Å². The summed E-state index contributed by atoms with van der Waals surface area (Å²) in [6.45, 7) is 12.2. The number of hydrogen-bond donors (Lipinski definition) is 4. The quantitative estimate of drug-likeness (QED) is 0.0696. The first-order chi connectivity index (χ1) is 24.6. The maximum absolute atomic E-state index is 13.3. The van der Waals surface area contributed by atoms with Crippen molar-refractivity contribution in [1.29, 1.82) is 0 Å². The summed E-state index contributed by atoms with van der Waals surface area (Å²) in [5, 5.41) is 3.66. The van der Waals surface area contributed by atoms with Gasteiger partial charge in [-0.05, 0) is 126 Å². The summed E-state index contributed by atoms with van der Waals surface area (Å²) >= 11 is 5.24. The van der Waals surface area contributed by atoms with Gasteiger partial charge >= 0.3 is 17.9 Å². The summed E-state index contributed by atoms with van der Waals surface area (Å²) in [4.78, 5) is 62.8. The molecule has 0 aliphatic carbocycles. The fourth-order valence-electron chi connectivity index (χ4n) is 4.66. The minimum atomic E-state index is -1.71. The van der Waals surface area contributed by atoms with Crippen LogP contribution in [0, 0.1) is 6.92 Å². The molecule has 8 N–H and O–H groups in total. The van der Waals surface area contributed by atoms with Crippen LogP contribution in [0.5, 0.6) is 5.75 Å². The number of rotatable bonds is 9. The summed E-state index contributed by atoms with van der Waals surface area (Å²) in [5.74, 6) is -1.81. The number of guanidine groups is 2. The summed E-state index contributed by atoms with van der Waals surface area (Å²) in [6, 6.07) is 17.6. The minimum Gasteiger partial charge on any atom is -0.460 e. The molecular formula is C37H45Cl2N7O8. The van der Waals surface area contributed by atoms with Crippen molar-refractivity contribution in [3.05, 3.63) is 89.0 Å². The fourth-order valence-corrected chi connectivity index (χ4v) is 4.78. The van der Waals surface area contributed by atoms with Crippen LogP contribution in [-0.4, -0.2) is 57.6 Å². The maximum atomic E-state index is 13.3. The molecule has 1 aliphatic heterocycles. The van der Waals surface area contributed by atoms with Gasteiger partial charge in [-0.3, -0.25) is 9.59 Å². The van der Waals surface area contributed by atoms with E-state index in [2.05, 4.69) is 15.1 Å². The third-order valence-electron chi connectivity index (χ3n) is 6.85. The molecule has 17 heteroatoms. The highest BCUT2D eigenvalue weighted by molar-refractivity contribution is 6.67. The number of nitrogens with two attached hydrogens (primary N) is 4. The molecule has 1 atom stereocenters. The molecule has 1 heterocycles. The lowest BCUT2D eigenvalue weighted by Crippen LogP contribution is -2.46. The number of oxime groups is 1. The first-order valence-corrected chi connectivity index (χ1v) is 16.6. The van der Waals surface area contributed by atoms with E-state index in [1.807, 2.05) is 6.92 Å². The molecule has 15 nitrogen and oxygen atoms in total. The molecule has 290 valence electrons. The second-order valence-electron chi connectivity index (χ2n) is 13.9. The molecule has 54 heavy (non-hydrogen) atoms. The van der Waals surface area contributed by atoms with Crippen molar-refractivity contribution in [3.63, 3.8) is 0 Å². The number of hydrogen-bond acceptors (Lipinski definition) is 11. The average molecular weight is 787 g/mol. The number of esters is 3. The molecule has 0 fully saturated rings. The number of aliphatic imine (C=N–C) groups is 2. The van der Waals surface area contributed by atoms with Gasteiger partial charge < -0.3 is 42.0 Å². The van der Waals surface area contributed by atoms with Crippen LogP contribution in [-0.2, 0) is 23.9 Å². The summed E-state index contributed by atoms with van der Waals surface area (Å²) in [5.41, 5.74) is 21.3. The van der Waals surface area contributed by atoms with Gasteiger partial charge in [-0.2, -0.15) is 0 Å². The molecular weight excluding hydrogens is 741 g/mol. The molecule has 4 rings (SSSR count). The van der Waals surface area contributed by atoms with Crippen LogP contribution in [0.3, 0.4) is 0 Å². The Morgan fingerprint density at radius 1 is 0.796 bits per heavy atom. The third kappa shape index (κ3) is 13.7. The van der Waals surface area contributed by atoms with E-state index in [0.29, 0.717) is 33.8 Å². The van der Waals surface area contributed by atoms with E-state index < -0.39 is 46.4 Å². The SMILES string of the molecule is Cc1ccc(OC(=O)c2ccc(N=C(N)N)cc2)cc1C1=NOC(CC(=O)OC(C)(C)C)(C(=O)OC(C)(C)C)C1.Cl.NC(N)=Nc1ccc(C(=O)Cl)cc1. The van der Waals surface area contributed by atoms with Crippen molar-refractivity contribution < 1.29 is 38.2 Å². The zero-order valence-corrected chi connectivity index (χ0v) is 32.5. The minimum absolute atomic E-state index is 0. The number of benzene rings is 3. The largest absolute Gasteiger partial charge is 0.460 e. The van der Waals surface area contributed by atoms with Crippen molar-refractivity contribution in [3.8, 4) is 5.75 Å². The topological polar surface area (TPSA) is 246 Å². The molecule has 1 unspecified atom stereocenters. The van der Waals surface area contributed by atoms with Gasteiger partial charge in [0.2, 0.25) is 5.60 Å². The molecule has 0 bridgehead atoms. The highest BCUT2D eigenvalue weighted by Gasteiger charge is 2.52. The Bertz CT molecular complexity index is 1930. The summed E-state index contributed by atoms with van der Waals surface area (Å²) < 4.78 is 16.6. The highest BCUT2D eigenvalue weighted by atomic mass is 35.5. The van der Waals surface area contributed by atoms with Gasteiger partial charge in [0.05, 0.1) is 29.1 Å². The molecule has 0 aromatic heterocycles. The highest BCUT2D eigenvalue weighted by Crippen LogP contribution is 2.35. The van der Waals surface area contributed by atoms with Crippen molar-refractivity contribution in [2.75, 3.05) is 0 Å². The monoisotopic (exact) mass is 785 g/mol. The van der Waals surface area contributed by atoms with Crippen LogP contribution in [0.4, 0.5) is 11.4 Å². The van der Waals surface area contributed by atoms with Gasteiger partial charge in [0, 0.05) is 17.5 Å². The van der Waals surface area contributed by atoms with Crippen LogP contribution in [0.1, 0.15) is 86.2 Å². The van der Waals surface area contributed by atoms with Crippen LogP contribution in [0.25, 0.3) is 0 Å². The molecule has 0 spiro atoms. The lowest BCUT2D eigenvalue weighted by atomic mass is 9.89. The number of nitrogens with zero attached hydrogens (tertiary/aromatic N) is 3. The van der Waals surface area contributed by atoms with Crippen LogP contribution >= 0.6 is 24.0 Å². The zero-order valence-electron chi connectivity index (χ0n) is 31.0. The van der Waals surface area contributed by atoms with Crippen molar-refractivity contribution in [2.45, 2.75) is 78.1 Å². The van der Waals surface area contributed by atoms with Crippen LogP contribution < -0.4 is 27.7 Å². The van der Waals surface area contributed by atoms with E-state index in [9.17, 15) is 19.2 Å². The smallest absolute Gasteiger partial charge is 0.354 e. The van der Waals surface area contributed by atoms with E-state index in [4.69, 9.17) is 53.6 Å².